The van der Waals surface area contributed by atoms with Crippen molar-refractivity contribution < 1.29 is 4.39 Å². The summed E-state index contributed by atoms with van der Waals surface area (Å²) >= 11 is 3.32. The molecule has 0 radical (unpaired) electrons. The minimum absolute atomic E-state index is 0.214. The zero-order valence-electron chi connectivity index (χ0n) is 10.4. The second kappa shape index (κ2) is 4.85. The maximum Gasteiger partial charge on any atom is 0.137 e. The van der Waals surface area contributed by atoms with Gasteiger partial charge in [-0.15, -0.1) is 0 Å². The van der Waals surface area contributed by atoms with Gasteiger partial charge in [-0.3, -0.25) is 0 Å². The van der Waals surface area contributed by atoms with Crippen molar-refractivity contribution in [1.82, 2.24) is 0 Å². The van der Waals surface area contributed by atoms with Crippen LogP contribution in [0.3, 0.4) is 0 Å². The van der Waals surface area contributed by atoms with Gasteiger partial charge in [0.1, 0.15) is 5.82 Å². The van der Waals surface area contributed by atoms with E-state index < -0.39 is 0 Å². The Morgan fingerprint density at radius 2 is 2.11 bits per heavy atom. The number of fused-ring (bicyclic) bond motifs is 1. The quantitative estimate of drug-likeness (QED) is 0.854. The normalized spacial score (nSPS) is 13.7. The lowest BCUT2D eigenvalue weighted by molar-refractivity contribution is 0.617. The third kappa shape index (κ3) is 2.32. The first-order valence-electron chi connectivity index (χ1n) is 6.21. The number of nitrogens with zero attached hydrogens (tertiary/aromatic N) is 1. The minimum Gasteiger partial charge on any atom is -0.399 e. The highest BCUT2D eigenvalue weighted by Crippen LogP contribution is 2.32. The molecule has 0 saturated heterocycles. The van der Waals surface area contributed by atoms with E-state index in [4.69, 9.17) is 5.73 Å². The van der Waals surface area contributed by atoms with E-state index in [2.05, 4.69) is 20.8 Å². The van der Waals surface area contributed by atoms with Crippen LogP contribution in [-0.4, -0.2) is 6.54 Å². The van der Waals surface area contributed by atoms with E-state index in [9.17, 15) is 4.39 Å². The fourth-order valence-corrected chi connectivity index (χ4v) is 2.92. The molecule has 0 saturated carbocycles. The lowest BCUT2D eigenvalue weighted by Crippen LogP contribution is -2.20. The Kier molecular flexibility index (Phi) is 3.19. The van der Waals surface area contributed by atoms with E-state index in [1.807, 2.05) is 24.3 Å². The second-order valence-corrected chi connectivity index (χ2v) is 5.57. The molecule has 2 aromatic carbocycles. The van der Waals surface area contributed by atoms with Crippen LogP contribution in [0.4, 0.5) is 15.8 Å². The molecular formula is C15H14BrFN2. The Bertz CT molecular complexity index is 628. The van der Waals surface area contributed by atoms with Gasteiger partial charge in [-0.1, -0.05) is 12.1 Å². The van der Waals surface area contributed by atoms with Gasteiger partial charge in [-0.05, 0) is 57.7 Å². The second-order valence-electron chi connectivity index (χ2n) is 4.77. The summed E-state index contributed by atoms with van der Waals surface area (Å²) in [4.78, 5) is 2.26. The monoisotopic (exact) mass is 320 g/mol. The average molecular weight is 321 g/mol. The van der Waals surface area contributed by atoms with Gasteiger partial charge in [0.2, 0.25) is 0 Å². The summed E-state index contributed by atoms with van der Waals surface area (Å²) in [6, 6.07) is 11.1. The molecule has 2 nitrogen and oxygen atoms in total. The third-order valence-corrected chi connectivity index (χ3v) is 4.38. The summed E-state index contributed by atoms with van der Waals surface area (Å²) < 4.78 is 14.1. The molecule has 2 N–H and O–H groups in total. The highest BCUT2D eigenvalue weighted by Gasteiger charge is 2.20. The van der Waals surface area contributed by atoms with Gasteiger partial charge < -0.3 is 10.6 Å². The molecule has 1 aliphatic rings. The molecule has 1 heterocycles. The lowest BCUT2D eigenvalue weighted by Gasteiger charge is -2.20. The highest BCUT2D eigenvalue weighted by molar-refractivity contribution is 9.10. The number of nitrogens with two attached hydrogens (primary N) is 1. The van der Waals surface area contributed by atoms with Gasteiger partial charge in [0.15, 0.2) is 0 Å². The highest BCUT2D eigenvalue weighted by atomic mass is 79.9. The van der Waals surface area contributed by atoms with Crippen molar-refractivity contribution in [3.05, 3.63) is 57.8 Å². The molecule has 2 aromatic rings. The molecule has 0 aliphatic carbocycles. The molecular weight excluding hydrogens is 307 g/mol. The SMILES string of the molecule is Nc1ccc2c(c1)CCN2Cc1cccc(F)c1Br. The topological polar surface area (TPSA) is 29.3 Å². The Morgan fingerprint density at radius 3 is 2.95 bits per heavy atom. The molecule has 0 unspecified atom stereocenters. The van der Waals surface area contributed by atoms with Crippen LogP contribution in [0.2, 0.25) is 0 Å². The van der Waals surface area contributed by atoms with Gasteiger partial charge in [0, 0.05) is 24.5 Å². The fourth-order valence-electron chi connectivity index (χ4n) is 2.53. The zero-order chi connectivity index (χ0) is 13.4. The van der Waals surface area contributed by atoms with Gasteiger partial charge in [0.25, 0.3) is 0 Å². The van der Waals surface area contributed by atoms with Crippen LogP contribution in [0.25, 0.3) is 0 Å². The van der Waals surface area contributed by atoms with E-state index in [-0.39, 0.29) is 5.82 Å². The molecule has 19 heavy (non-hydrogen) atoms. The maximum absolute atomic E-state index is 13.5. The number of halogens is 2. The van der Waals surface area contributed by atoms with Crippen molar-refractivity contribution in [2.75, 3.05) is 17.2 Å². The predicted octanol–water partition coefficient (Wildman–Crippen LogP) is 3.73. The zero-order valence-corrected chi connectivity index (χ0v) is 12.0. The van der Waals surface area contributed by atoms with Gasteiger partial charge >= 0.3 is 0 Å². The summed E-state index contributed by atoms with van der Waals surface area (Å²) in [6.45, 7) is 1.65. The van der Waals surface area contributed by atoms with Gasteiger partial charge in [-0.25, -0.2) is 4.39 Å². The molecule has 1 aliphatic heterocycles. The predicted molar refractivity (Wildman–Crippen MR) is 79.7 cm³/mol. The minimum atomic E-state index is -0.214. The third-order valence-electron chi connectivity index (χ3n) is 3.49. The van der Waals surface area contributed by atoms with Crippen molar-refractivity contribution in [3.8, 4) is 0 Å². The number of benzene rings is 2. The molecule has 98 valence electrons. The van der Waals surface area contributed by atoms with Crippen LogP contribution >= 0.6 is 15.9 Å². The van der Waals surface area contributed by atoms with Crippen LogP contribution < -0.4 is 10.6 Å². The smallest absolute Gasteiger partial charge is 0.137 e. The first kappa shape index (κ1) is 12.5. The van der Waals surface area contributed by atoms with Crippen LogP contribution in [0.1, 0.15) is 11.1 Å². The first-order valence-corrected chi connectivity index (χ1v) is 7.00. The van der Waals surface area contributed by atoms with Gasteiger partial charge in [-0.2, -0.15) is 0 Å². The summed E-state index contributed by atoms with van der Waals surface area (Å²) in [5.74, 6) is -0.214. The maximum atomic E-state index is 13.5. The number of hydrogen-bond donors (Lipinski definition) is 1. The van der Waals surface area contributed by atoms with Crippen LogP contribution in [0.5, 0.6) is 0 Å². The van der Waals surface area contributed by atoms with Crippen LogP contribution in [0, 0.1) is 5.82 Å². The molecule has 0 atom stereocenters. The summed E-state index contributed by atoms with van der Waals surface area (Å²) in [7, 11) is 0. The summed E-state index contributed by atoms with van der Waals surface area (Å²) in [5.41, 5.74) is 10.0. The van der Waals surface area contributed by atoms with Crippen molar-refractivity contribution in [1.29, 1.82) is 0 Å². The number of anilines is 2. The summed E-state index contributed by atoms with van der Waals surface area (Å²) in [5, 5.41) is 0. The molecule has 4 heteroatoms. The number of rotatable bonds is 2. The molecule has 0 spiro atoms. The number of nitrogen functional groups attached to an aromatic ring is 1. The van der Waals surface area contributed by atoms with E-state index in [0.717, 1.165) is 24.2 Å². The van der Waals surface area contributed by atoms with Crippen molar-refractivity contribution >= 4 is 27.3 Å². The van der Waals surface area contributed by atoms with E-state index in [1.165, 1.54) is 17.3 Å². The Hall–Kier alpha value is -1.55. The number of hydrogen-bond acceptors (Lipinski definition) is 2. The molecule has 0 fully saturated rings. The molecule has 0 aromatic heterocycles. The standard InChI is InChI=1S/C15H14BrFN2/c16-15-11(2-1-3-13(15)17)9-19-7-6-10-8-12(18)4-5-14(10)19/h1-5,8H,6-7,9,18H2. The Morgan fingerprint density at radius 1 is 1.26 bits per heavy atom. The van der Waals surface area contributed by atoms with Crippen LogP contribution in [0.15, 0.2) is 40.9 Å². The average Bonchev–Trinajstić information content (AvgIpc) is 2.77. The largest absolute Gasteiger partial charge is 0.399 e. The fraction of sp³-hybridized carbons (Fsp3) is 0.200. The summed E-state index contributed by atoms with van der Waals surface area (Å²) in [6.07, 6.45) is 0.993. The van der Waals surface area contributed by atoms with Crippen LogP contribution in [-0.2, 0) is 13.0 Å². The van der Waals surface area contributed by atoms with Crippen molar-refractivity contribution in [3.63, 3.8) is 0 Å². The first-order chi connectivity index (χ1) is 9.15. The van der Waals surface area contributed by atoms with Crippen molar-refractivity contribution in [2.24, 2.45) is 0 Å². The van der Waals surface area contributed by atoms with Gasteiger partial charge in [0.05, 0.1) is 4.47 Å². The van der Waals surface area contributed by atoms with E-state index >= 15 is 0 Å². The molecule has 0 amide bonds. The van der Waals surface area contributed by atoms with E-state index in [1.54, 1.807) is 6.07 Å². The molecule has 0 bridgehead atoms. The Balaban J connectivity index is 1.89. The van der Waals surface area contributed by atoms with E-state index in [0.29, 0.717) is 11.0 Å². The molecule has 3 rings (SSSR count). The van der Waals surface area contributed by atoms with Crippen molar-refractivity contribution in [2.45, 2.75) is 13.0 Å². The lowest BCUT2D eigenvalue weighted by atomic mass is 10.1. The Labute approximate surface area is 120 Å².